The smallest absolute Gasteiger partial charge is 0.241 e. The molecule has 2 heterocycles. The number of rotatable bonds is 3. The SMILES string of the molecule is CC1CC(N)CCN1Cc1nc(-c2ccc(F)cc2)no1. The van der Waals surface area contributed by atoms with Gasteiger partial charge in [-0.3, -0.25) is 4.90 Å². The molecule has 0 radical (unpaired) electrons. The second kappa shape index (κ2) is 5.91. The van der Waals surface area contributed by atoms with Crippen molar-refractivity contribution in [2.75, 3.05) is 6.54 Å². The van der Waals surface area contributed by atoms with Gasteiger partial charge in [0.1, 0.15) is 5.82 Å². The molecule has 0 saturated carbocycles. The first-order valence-corrected chi connectivity index (χ1v) is 7.20. The Morgan fingerprint density at radius 2 is 2.14 bits per heavy atom. The minimum atomic E-state index is -0.277. The van der Waals surface area contributed by atoms with Gasteiger partial charge in [0.25, 0.3) is 0 Å². The Labute approximate surface area is 122 Å². The maximum Gasteiger partial charge on any atom is 0.241 e. The van der Waals surface area contributed by atoms with Crippen molar-refractivity contribution in [1.82, 2.24) is 15.0 Å². The van der Waals surface area contributed by atoms with Crippen molar-refractivity contribution in [3.05, 3.63) is 36.0 Å². The summed E-state index contributed by atoms with van der Waals surface area (Å²) in [6, 6.07) is 6.77. The van der Waals surface area contributed by atoms with E-state index in [2.05, 4.69) is 22.0 Å². The summed E-state index contributed by atoms with van der Waals surface area (Å²) in [6.45, 7) is 3.73. The molecule has 21 heavy (non-hydrogen) atoms. The zero-order valence-electron chi connectivity index (χ0n) is 12.0. The number of likely N-dealkylation sites (tertiary alicyclic amines) is 1. The van der Waals surface area contributed by atoms with Crippen LogP contribution in [-0.4, -0.2) is 33.7 Å². The zero-order chi connectivity index (χ0) is 14.8. The molecule has 2 N–H and O–H groups in total. The molecule has 112 valence electrons. The maximum absolute atomic E-state index is 12.9. The molecule has 1 aromatic heterocycles. The Kier molecular flexibility index (Phi) is 3.98. The second-order valence-electron chi connectivity index (χ2n) is 5.62. The minimum Gasteiger partial charge on any atom is -0.338 e. The van der Waals surface area contributed by atoms with Crippen LogP contribution < -0.4 is 5.73 Å². The predicted molar refractivity (Wildman–Crippen MR) is 76.8 cm³/mol. The monoisotopic (exact) mass is 290 g/mol. The number of nitrogens with two attached hydrogens (primary N) is 1. The van der Waals surface area contributed by atoms with Gasteiger partial charge in [-0.1, -0.05) is 5.16 Å². The van der Waals surface area contributed by atoms with Gasteiger partial charge in [-0.15, -0.1) is 0 Å². The molecule has 1 aliphatic heterocycles. The first kappa shape index (κ1) is 14.2. The summed E-state index contributed by atoms with van der Waals surface area (Å²) in [5.74, 6) is 0.795. The second-order valence-corrected chi connectivity index (χ2v) is 5.62. The highest BCUT2D eigenvalue weighted by Crippen LogP contribution is 2.20. The third-order valence-corrected chi connectivity index (χ3v) is 3.96. The molecule has 6 heteroatoms. The molecule has 0 amide bonds. The van der Waals surface area contributed by atoms with Crippen molar-refractivity contribution in [2.45, 2.75) is 38.4 Å². The third-order valence-electron chi connectivity index (χ3n) is 3.96. The quantitative estimate of drug-likeness (QED) is 0.938. The molecule has 1 aliphatic rings. The minimum absolute atomic E-state index is 0.277. The van der Waals surface area contributed by atoms with E-state index in [9.17, 15) is 4.39 Å². The summed E-state index contributed by atoms with van der Waals surface area (Å²) in [5.41, 5.74) is 6.71. The van der Waals surface area contributed by atoms with Crippen molar-refractivity contribution in [3.8, 4) is 11.4 Å². The summed E-state index contributed by atoms with van der Waals surface area (Å²) in [6.07, 6.45) is 1.97. The van der Waals surface area contributed by atoms with Gasteiger partial charge >= 0.3 is 0 Å². The van der Waals surface area contributed by atoms with Gasteiger partial charge in [-0.25, -0.2) is 4.39 Å². The lowest BCUT2D eigenvalue weighted by Gasteiger charge is -2.35. The van der Waals surface area contributed by atoms with Crippen molar-refractivity contribution in [2.24, 2.45) is 5.73 Å². The molecule has 1 fully saturated rings. The van der Waals surface area contributed by atoms with E-state index in [0.29, 0.717) is 24.3 Å². The van der Waals surface area contributed by atoms with Gasteiger partial charge in [0.05, 0.1) is 6.54 Å². The Hall–Kier alpha value is -1.79. The molecule has 2 atom stereocenters. The first-order valence-electron chi connectivity index (χ1n) is 7.20. The van der Waals surface area contributed by atoms with Crippen LogP contribution in [0.15, 0.2) is 28.8 Å². The van der Waals surface area contributed by atoms with Crippen molar-refractivity contribution >= 4 is 0 Å². The van der Waals surface area contributed by atoms with Crippen molar-refractivity contribution in [3.63, 3.8) is 0 Å². The highest BCUT2D eigenvalue weighted by molar-refractivity contribution is 5.53. The average Bonchev–Trinajstić information content (AvgIpc) is 2.91. The lowest BCUT2D eigenvalue weighted by molar-refractivity contribution is 0.124. The fourth-order valence-corrected chi connectivity index (χ4v) is 2.70. The van der Waals surface area contributed by atoms with E-state index in [-0.39, 0.29) is 11.9 Å². The number of piperidine rings is 1. The Morgan fingerprint density at radius 3 is 2.86 bits per heavy atom. The number of benzene rings is 1. The number of hydrogen-bond acceptors (Lipinski definition) is 5. The molecule has 0 aliphatic carbocycles. The van der Waals surface area contributed by atoms with Crippen LogP contribution in [0.2, 0.25) is 0 Å². The Bertz CT molecular complexity index is 598. The summed E-state index contributed by atoms with van der Waals surface area (Å²) < 4.78 is 18.2. The van der Waals surface area contributed by atoms with E-state index in [4.69, 9.17) is 10.3 Å². The molecular formula is C15H19FN4O. The number of nitrogens with zero attached hydrogens (tertiary/aromatic N) is 3. The van der Waals surface area contributed by atoms with Gasteiger partial charge in [-0.05, 0) is 44.0 Å². The maximum atomic E-state index is 12.9. The highest BCUT2D eigenvalue weighted by Gasteiger charge is 2.24. The predicted octanol–water partition coefficient (Wildman–Crippen LogP) is 2.19. The lowest BCUT2D eigenvalue weighted by Crippen LogP contribution is -2.45. The molecule has 2 unspecified atom stereocenters. The lowest BCUT2D eigenvalue weighted by atomic mass is 9.99. The number of aromatic nitrogens is 2. The molecule has 3 rings (SSSR count). The van der Waals surface area contributed by atoms with Gasteiger partial charge in [0.15, 0.2) is 0 Å². The van der Waals surface area contributed by atoms with E-state index in [1.165, 1.54) is 12.1 Å². The van der Waals surface area contributed by atoms with Crippen LogP contribution in [0.3, 0.4) is 0 Å². The first-order chi connectivity index (χ1) is 10.1. The molecule has 2 aromatic rings. The van der Waals surface area contributed by atoms with E-state index in [0.717, 1.165) is 24.9 Å². The average molecular weight is 290 g/mol. The van der Waals surface area contributed by atoms with E-state index < -0.39 is 0 Å². The number of halogens is 1. The van der Waals surface area contributed by atoms with Crippen molar-refractivity contribution < 1.29 is 8.91 Å². The summed E-state index contributed by atoms with van der Waals surface area (Å²) >= 11 is 0. The van der Waals surface area contributed by atoms with Crippen LogP contribution in [0.25, 0.3) is 11.4 Å². The third kappa shape index (κ3) is 3.28. The molecular weight excluding hydrogens is 271 g/mol. The van der Waals surface area contributed by atoms with Crippen molar-refractivity contribution in [1.29, 1.82) is 0 Å². The van der Waals surface area contributed by atoms with E-state index >= 15 is 0 Å². The van der Waals surface area contributed by atoms with Crippen LogP contribution >= 0.6 is 0 Å². The molecule has 0 spiro atoms. The fourth-order valence-electron chi connectivity index (χ4n) is 2.70. The van der Waals surface area contributed by atoms with Crippen LogP contribution in [0, 0.1) is 5.82 Å². The van der Waals surface area contributed by atoms with E-state index in [1.54, 1.807) is 12.1 Å². The normalized spacial score (nSPS) is 23.4. The Morgan fingerprint density at radius 1 is 1.38 bits per heavy atom. The van der Waals surface area contributed by atoms with Gasteiger partial charge < -0.3 is 10.3 Å². The zero-order valence-corrected chi connectivity index (χ0v) is 12.0. The summed E-state index contributed by atoms with van der Waals surface area (Å²) in [5, 5.41) is 3.96. The van der Waals surface area contributed by atoms with Gasteiger partial charge in [-0.2, -0.15) is 4.98 Å². The topological polar surface area (TPSA) is 68.2 Å². The highest BCUT2D eigenvalue weighted by atomic mass is 19.1. The molecule has 0 bridgehead atoms. The van der Waals surface area contributed by atoms with Crippen LogP contribution in [0.5, 0.6) is 0 Å². The fraction of sp³-hybridized carbons (Fsp3) is 0.467. The largest absolute Gasteiger partial charge is 0.338 e. The van der Waals surface area contributed by atoms with Gasteiger partial charge in [0.2, 0.25) is 11.7 Å². The molecule has 1 aromatic carbocycles. The van der Waals surface area contributed by atoms with Crippen LogP contribution in [0.1, 0.15) is 25.7 Å². The van der Waals surface area contributed by atoms with Crippen LogP contribution in [-0.2, 0) is 6.54 Å². The summed E-state index contributed by atoms with van der Waals surface area (Å²) in [4.78, 5) is 6.68. The van der Waals surface area contributed by atoms with Crippen LogP contribution in [0.4, 0.5) is 4.39 Å². The Balaban J connectivity index is 1.69. The molecule has 5 nitrogen and oxygen atoms in total. The van der Waals surface area contributed by atoms with Gasteiger partial charge in [0, 0.05) is 24.2 Å². The van der Waals surface area contributed by atoms with E-state index in [1.807, 2.05) is 0 Å². The standard InChI is InChI=1S/C15H19FN4O/c1-10-8-13(17)6-7-20(10)9-14-18-15(19-21-14)11-2-4-12(16)5-3-11/h2-5,10,13H,6-9,17H2,1H3. The summed E-state index contributed by atoms with van der Waals surface area (Å²) in [7, 11) is 0. The number of hydrogen-bond donors (Lipinski definition) is 1. The molecule has 1 saturated heterocycles.